The Balaban J connectivity index is 2.02. The highest BCUT2D eigenvalue weighted by Crippen LogP contribution is 2.36. The molecule has 150 valence electrons. The minimum absolute atomic E-state index is 0.00453. The van der Waals surface area contributed by atoms with E-state index in [9.17, 15) is 9.59 Å². The highest BCUT2D eigenvalue weighted by atomic mass is 79.9. The second-order valence-electron chi connectivity index (χ2n) is 6.87. The molecule has 6 nitrogen and oxygen atoms in total. The van der Waals surface area contributed by atoms with E-state index in [0.29, 0.717) is 47.5 Å². The Labute approximate surface area is 169 Å². The number of rotatable bonds is 7. The molecule has 0 spiro atoms. The number of hydrogen-bond donors (Lipinski definition) is 0. The van der Waals surface area contributed by atoms with Crippen molar-refractivity contribution >= 4 is 27.7 Å². The smallest absolute Gasteiger partial charge is 0.254 e. The van der Waals surface area contributed by atoms with E-state index in [0.717, 1.165) is 19.4 Å². The number of unbranched alkanes of at least 4 members (excludes halogenated alkanes) is 1. The van der Waals surface area contributed by atoms with Crippen LogP contribution in [-0.4, -0.2) is 62.5 Å². The molecule has 1 fully saturated rings. The van der Waals surface area contributed by atoms with Crippen LogP contribution in [0.1, 0.15) is 43.0 Å². The molecule has 1 heterocycles. The summed E-state index contributed by atoms with van der Waals surface area (Å²) in [6.07, 6.45) is 3.50. The highest BCUT2D eigenvalue weighted by molar-refractivity contribution is 9.10. The molecule has 0 N–H and O–H groups in total. The summed E-state index contributed by atoms with van der Waals surface area (Å²) in [5, 5.41) is 0. The zero-order valence-corrected chi connectivity index (χ0v) is 18.2. The molecule has 0 atom stereocenters. The molecule has 0 aliphatic carbocycles. The van der Waals surface area contributed by atoms with Crippen LogP contribution in [0.4, 0.5) is 0 Å². The van der Waals surface area contributed by atoms with Gasteiger partial charge in [-0.25, -0.2) is 0 Å². The molecule has 1 saturated heterocycles. The molecule has 0 saturated carbocycles. The van der Waals surface area contributed by atoms with E-state index in [2.05, 4.69) is 22.9 Å². The van der Waals surface area contributed by atoms with Crippen LogP contribution in [0.2, 0.25) is 0 Å². The molecule has 1 aliphatic rings. The number of ether oxygens (including phenoxy) is 2. The fourth-order valence-electron chi connectivity index (χ4n) is 3.32. The standard InChI is InChI=1S/C20H29BrN2O4/c1-5-6-9-22(2)19(24)14-7-10-23(11-8-14)20(25)15-12-16(26-3)18(21)17(13-15)27-4/h12-14H,5-11H2,1-4H3. The van der Waals surface area contributed by atoms with Crippen LogP contribution in [0, 0.1) is 5.92 Å². The average molecular weight is 441 g/mol. The highest BCUT2D eigenvalue weighted by Gasteiger charge is 2.30. The zero-order valence-electron chi connectivity index (χ0n) is 16.6. The molecule has 0 radical (unpaired) electrons. The van der Waals surface area contributed by atoms with Gasteiger partial charge in [0, 0.05) is 38.2 Å². The van der Waals surface area contributed by atoms with Crippen molar-refractivity contribution in [1.82, 2.24) is 9.80 Å². The predicted octanol–water partition coefficient (Wildman–Crippen LogP) is 3.58. The first-order chi connectivity index (χ1) is 12.9. The van der Waals surface area contributed by atoms with Crippen LogP contribution in [0.5, 0.6) is 11.5 Å². The molecule has 0 unspecified atom stereocenters. The Morgan fingerprint density at radius 2 is 1.74 bits per heavy atom. The number of likely N-dealkylation sites (tertiary alicyclic amines) is 1. The third kappa shape index (κ3) is 5.15. The van der Waals surface area contributed by atoms with E-state index >= 15 is 0 Å². The largest absolute Gasteiger partial charge is 0.495 e. The van der Waals surface area contributed by atoms with Gasteiger partial charge in [-0.05, 0) is 47.3 Å². The topological polar surface area (TPSA) is 59.1 Å². The van der Waals surface area contributed by atoms with Gasteiger partial charge in [0.05, 0.1) is 14.2 Å². The van der Waals surface area contributed by atoms with Gasteiger partial charge in [-0.2, -0.15) is 0 Å². The van der Waals surface area contributed by atoms with Gasteiger partial charge in [0.25, 0.3) is 5.91 Å². The van der Waals surface area contributed by atoms with Gasteiger partial charge in [0.15, 0.2) is 0 Å². The maximum Gasteiger partial charge on any atom is 0.254 e. The predicted molar refractivity (Wildman–Crippen MR) is 108 cm³/mol. The Morgan fingerprint density at radius 1 is 1.19 bits per heavy atom. The molecule has 2 rings (SSSR count). The number of amides is 2. The van der Waals surface area contributed by atoms with Gasteiger partial charge in [0.1, 0.15) is 16.0 Å². The monoisotopic (exact) mass is 440 g/mol. The molecule has 1 aromatic rings. The maximum absolute atomic E-state index is 12.9. The minimum Gasteiger partial charge on any atom is -0.495 e. The van der Waals surface area contributed by atoms with Crippen molar-refractivity contribution in [2.45, 2.75) is 32.6 Å². The van der Waals surface area contributed by atoms with Crippen LogP contribution in [-0.2, 0) is 4.79 Å². The molecule has 1 aliphatic heterocycles. The molecule has 7 heteroatoms. The van der Waals surface area contributed by atoms with Crippen molar-refractivity contribution in [3.63, 3.8) is 0 Å². The van der Waals surface area contributed by atoms with Crippen LogP contribution < -0.4 is 9.47 Å². The van der Waals surface area contributed by atoms with E-state index in [-0.39, 0.29) is 17.7 Å². The molecular weight excluding hydrogens is 412 g/mol. The third-order valence-electron chi connectivity index (χ3n) is 5.05. The third-order valence-corrected chi connectivity index (χ3v) is 5.83. The molecular formula is C20H29BrN2O4. The van der Waals surface area contributed by atoms with Crippen molar-refractivity contribution in [1.29, 1.82) is 0 Å². The lowest BCUT2D eigenvalue weighted by atomic mass is 9.94. The first-order valence-electron chi connectivity index (χ1n) is 9.38. The zero-order chi connectivity index (χ0) is 20.0. The number of halogens is 1. The quantitative estimate of drug-likeness (QED) is 0.649. The SMILES string of the molecule is CCCCN(C)C(=O)C1CCN(C(=O)c2cc(OC)c(Br)c(OC)c2)CC1. The fourth-order valence-corrected chi connectivity index (χ4v) is 3.87. The van der Waals surface area contributed by atoms with E-state index in [1.807, 2.05) is 11.9 Å². The Kier molecular flexibility index (Phi) is 7.95. The van der Waals surface area contributed by atoms with E-state index < -0.39 is 0 Å². The molecule has 27 heavy (non-hydrogen) atoms. The first-order valence-corrected chi connectivity index (χ1v) is 10.2. The molecule has 1 aromatic carbocycles. The van der Waals surface area contributed by atoms with Gasteiger partial charge in [0.2, 0.25) is 5.91 Å². The van der Waals surface area contributed by atoms with Gasteiger partial charge in [-0.3, -0.25) is 9.59 Å². The number of benzene rings is 1. The van der Waals surface area contributed by atoms with Crippen molar-refractivity contribution < 1.29 is 19.1 Å². The van der Waals surface area contributed by atoms with Crippen LogP contribution in [0.15, 0.2) is 16.6 Å². The summed E-state index contributed by atoms with van der Waals surface area (Å²) in [4.78, 5) is 29.1. The summed E-state index contributed by atoms with van der Waals surface area (Å²) in [6.45, 7) is 4.08. The van der Waals surface area contributed by atoms with Crippen molar-refractivity contribution in [3.8, 4) is 11.5 Å². The summed E-state index contributed by atoms with van der Waals surface area (Å²) in [5.41, 5.74) is 0.525. The molecule has 0 aromatic heterocycles. The number of hydrogen-bond acceptors (Lipinski definition) is 4. The minimum atomic E-state index is -0.0654. The van der Waals surface area contributed by atoms with Gasteiger partial charge in [-0.1, -0.05) is 13.3 Å². The number of methoxy groups -OCH3 is 2. The lowest BCUT2D eigenvalue weighted by Gasteiger charge is -2.33. The van der Waals surface area contributed by atoms with Crippen molar-refractivity contribution in [3.05, 3.63) is 22.2 Å². The van der Waals surface area contributed by atoms with Gasteiger partial charge in [-0.15, -0.1) is 0 Å². The second kappa shape index (κ2) is 9.97. The van der Waals surface area contributed by atoms with Crippen LogP contribution >= 0.6 is 15.9 Å². The lowest BCUT2D eigenvalue weighted by Crippen LogP contribution is -2.43. The molecule has 2 amide bonds. The number of carbonyl (C=O) groups is 2. The normalized spacial score (nSPS) is 14.8. The first kappa shape index (κ1) is 21.5. The average Bonchev–Trinajstić information content (AvgIpc) is 2.71. The van der Waals surface area contributed by atoms with Gasteiger partial charge >= 0.3 is 0 Å². The summed E-state index contributed by atoms with van der Waals surface area (Å²) in [6, 6.07) is 3.43. The van der Waals surface area contributed by atoms with E-state index in [4.69, 9.17) is 9.47 Å². The second-order valence-corrected chi connectivity index (χ2v) is 7.67. The summed E-state index contributed by atoms with van der Waals surface area (Å²) >= 11 is 3.42. The summed E-state index contributed by atoms with van der Waals surface area (Å²) in [7, 11) is 4.98. The number of piperidine rings is 1. The van der Waals surface area contributed by atoms with Crippen LogP contribution in [0.3, 0.4) is 0 Å². The Hall–Kier alpha value is -1.76. The molecule has 0 bridgehead atoms. The van der Waals surface area contributed by atoms with Crippen LogP contribution in [0.25, 0.3) is 0 Å². The number of nitrogens with zero attached hydrogens (tertiary/aromatic N) is 2. The van der Waals surface area contributed by atoms with Crippen molar-refractivity contribution in [2.75, 3.05) is 40.9 Å². The summed E-state index contributed by atoms with van der Waals surface area (Å²) in [5.74, 6) is 1.25. The fraction of sp³-hybridized carbons (Fsp3) is 0.600. The lowest BCUT2D eigenvalue weighted by molar-refractivity contribution is -0.135. The Bertz CT molecular complexity index is 647. The van der Waals surface area contributed by atoms with Crippen molar-refractivity contribution in [2.24, 2.45) is 5.92 Å². The van der Waals surface area contributed by atoms with E-state index in [1.165, 1.54) is 0 Å². The summed E-state index contributed by atoms with van der Waals surface area (Å²) < 4.78 is 11.3. The van der Waals surface area contributed by atoms with Gasteiger partial charge < -0.3 is 19.3 Å². The Morgan fingerprint density at radius 3 is 2.22 bits per heavy atom. The number of carbonyl (C=O) groups excluding carboxylic acids is 2. The maximum atomic E-state index is 12.9. The van der Waals surface area contributed by atoms with E-state index in [1.54, 1.807) is 31.3 Å².